The molecule has 2 aliphatic rings. The molecular weight excluding hydrogens is 276 g/mol. The summed E-state index contributed by atoms with van der Waals surface area (Å²) in [4.78, 5) is 17.0. The van der Waals surface area contributed by atoms with Crippen LogP contribution in [0.4, 0.5) is 0 Å². The van der Waals surface area contributed by atoms with E-state index in [1.807, 2.05) is 14.0 Å². The average molecular weight is 310 g/mol. The number of amides is 1. The second-order valence-electron chi connectivity index (χ2n) is 7.92. The molecule has 1 saturated heterocycles. The van der Waals surface area contributed by atoms with Gasteiger partial charge in [0.1, 0.15) is 0 Å². The van der Waals surface area contributed by atoms with E-state index in [2.05, 4.69) is 23.6 Å². The van der Waals surface area contributed by atoms with E-state index in [1.165, 1.54) is 12.8 Å². The van der Waals surface area contributed by atoms with E-state index in [-0.39, 0.29) is 18.1 Å². The number of aliphatic hydroxyl groups excluding tert-OH is 1. The number of rotatable bonds is 4. The molecule has 1 aliphatic carbocycles. The summed E-state index contributed by atoms with van der Waals surface area (Å²) >= 11 is 0. The van der Waals surface area contributed by atoms with Gasteiger partial charge in [0.05, 0.1) is 12.1 Å². The first-order valence-corrected chi connectivity index (χ1v) is 9.05. The van der Waals surface area contributed by atoms with E-state index in [4.69, 9.17) is 0 Å². The van der Waals surface area contributed by atoms with Gasteiger partial charge in [-0.15, -0.1) is 0 Å². The number of aliphatic hydroxyl groups is 1. The van der Waals surface area contributed by atoms with Gasteiger partial charge in [-0.25, -0.2) is 0 Å². The Bertz CT molecular complexity index is 364. The molecule has 1 aliphatic heterocycles. The van der Waals surface area contributed by atoms with Crippen molar-refractivity contribution in [2.45, 2.75) is 65.0 Å². The third kappa shape index (κ3) is 4.45. The van der Waals surface area contributed by atoms with Gasteiger partial charge >= 0.3 is 0 Å². The van der Waals surface area contributed by atoms with Gasteiger partial charge in [-0.1, -0.05) is 26.7 Å². The minimum absolute atomic E-state index is 0.0911. The molecule has 4 heteroatoms. The topological polar surface area (TPSA) is 43.8 Å². The van der Waals surface area contributed by atoms with E-state index in [1.54, 1.807) is 0 Å². The number of piperidine rings is 1. The SMILES string of the molecule is CC1CC(C)CN(C(=O)C(C)N(C)CC2CCCCC2O)C1. The van der Waals surface area contributed by atoms with Crippen molar-refractivity contribution in [1.82, 2.24) is 9.80 Å². The highest BCUT2D eigenvalue weighted by Gasteiger charge is 2.32. The second kappa shape index (κ2) is 7.78. The van der Waals surface area contributed by atoms with E-state index < -0.39 is 0 Å². The van der Waals surface area contributed by atoms with Crippen molar-refractivity contribution in [2.24, 2.45) is 17.8 Å². The summed E-state index contributed by atoms with van der Waals surface area (Å²) < 4.78 is 0. The summed E-state index contributed by atoms with van der Waals surface area (Å²) in [5, 5.41) is 10.1. The summed E-state index contributed by atoms with van der Waals surface area (Å²) in [5.41, 5.74) is 0. The minimum atomic E-state index is -0.187. The van der Waals surface area contributed by atoms with Crippen LogP contribution in [0.25, 0.3) is 0 Å². The van der Waals surface area contributed by atoms with Crippen LogP contribution in [0.2, 0.25) is 0 Å². The molecule has 0 radical (unpaired) electrons. The van der Waals surface area contributed by atoms with Crippen LogP contribution in [-0.2, 0) is 4.79 Å². The quantitative estimate of drug-likeness (QED) is 0.867. The molecule has 0 bridgehead atoms. The average Bonchev–Trinajstić information content (AvgIpc) is 2.47. The summed E-state index contributed by atoms with van der Waals surface area (Å²) in [6.07, 6.45) is 5.39. The molecule has 5 unspecified atom stereocenters. The highest BCUT2D eigenvalue weighted by Crippen LogP contribution is 2.26. The molecule has 0 aromatic carbocycles. The number of carbonyl (C=O) groups is 1. The maximum absolute atomic E-state index is 12.8. The summed E-state index contributed by atoms with van der Waals surface area (Å²) in [5.74, 6) is 1.79. The molecular formula is C18H34N2O2. The zero-order chi connectivity index (χ0) is 16.3. The molecule has 1 heterocycles. The molecule has 128 valence electrons. The molecule has 0 aromatic heterocycles. The molecule has 1 N–H and O–H groups in total. The number of nitrogens with zero attached hydrogens (tertiary/aromatic N) is 2. The lowest BCUT2D eigenvalue weighted by molar-refractivity contribution is -0.139. The monoisotopic (exact) mass is 310 g/mol. The van der Waals surface area contributed by atoms with E-state index in [0.29, 0.717) is 17.8 Å². The Morgan fingerprint density at radius 1 is 1.23 bits per heavy atom. The van der Waals surface area contributed by atoms with E-state index in [0.717, 1.165) is 38.9 Å². The summed E-state index contributed by atoms with van der Waals surface area (Å²) in [6, 6.07) is -0.0911. The van der Waals surface area contributed by atoms with Crippen molar-refractivity contribution < 1.29 is 9.90 Å². The molecule has 1 amide bonds. The fourth-order valence-corrected chi connectivity index (χ4v) is 4.22. The first-order valence-electron chi connectivity index (χ1n) is 9.05. The summed E-state index contributed by atoms with van der Waals surface area (Å²) in [7, 11) is 2.03. The fourth-order valence-electron chi connectivity index (χ4n) is 4.22. The Labute approximate surface area is 135 Å². The van der Waals surface area contributed by atoms with Crippen molar-refractivity contribution in [3.05, 3.63) is 0 Å². The van der Waals surface area contributed by atoms with Gasteiger partial charge in [-0.05, 0) is 51.0 Å². The number of carbonyl (C=O) groups excluding carboxylic acids is 1. The van der Waals surface area contributed by atoms with E-state index >= 15 is 0 Å². The number of hydrogen-bond acceptors (Lipinski definition) is 3. The zero-order valence-electron chi connectivity index (χ0n) is 14.8. The van der Waals surface area contributed by atoms with Gasteiger partial charge in [0, 0.05) is 19.6 Å². The normalized spacial score (nSPS) is 34.7. The molecule has 1 saturated carbocycles. The Morgan fingerprint density at radius 3 is 2.41 bits per heavy atom. The van der Waals surface area contributed by atoms with Gasteiger partial charge < -0.3 is 10.0 Å². The molecule has 2 fully saturated rings. The van der Waals surface area contributed by atoms with Crippen LogP contribution < -0.4 is 0 Å². The molecule has 0 spiro atoms. The first-order chi connectivity index (χ1) is 10.4. The molecule has 4 nitrogen and oxygen atoms in total. The van der Waals surface area contributed by atoms with Gasteiger partial charge in [0.25, 0.3) is 0 Å². The molecule has 5 atom stereocenters. The smallest absolute Gasteiger partial charge is 0.239 e. The number of hydrogen-bond donors (Lipinski definition) is 1. The molecule has 0 aromatic rings. The minimum Gasteiger partial charge on any atom is -0.393 e. The largest absolute Gasteiger partial charge is 0.393 e. The zero-order valence-corrected chi connectivity index (χ0v) is 14.8. The summed E-state index contributed by atoms with van der Waals surface area (Å²) in [6.45, 7) is 9.11. The fraction of sp³-hybridized carbons (Fsp3) is 0.944. The van der Waals surface area contributed by atoms with Crippen molar-refractivity contribution in [3.8, 4) is 0 Å². The lowest BCUT2D eigenvalue weighted by Gasteiger charge is -2.39. The number of likely N-dealkylation sites (tertiary alicyclic amines) is 1. The van der Waals surface area contributed by atoms with Gasteiger partial charge in [0.2, 0.25) is 5.91 Å². The van der Waals surface area contributed by atoms with E-state index in [9.17, 15) is 9.90 Å². The third-order valence-corrected chi connectivity index (χ3v) is 5.59. The Kier molecular flexibility index (Phi) is 6.27. The first kappa shape index (κ1) is 17.7. The van der Waals surface area contributed by atoms with Crippen molar-refractivity contribution in [2.75, 3.05) is 26.7 Å². The van der Waals surface area contributed by atoms with Crippen LogP contribution in [0, 0.1) is 17.8 Å². The van der Waals surface area contributed by atoms with Crippen molar-refractivity contribution >= 4 is 5.91 Å². The maximum Gasteiger partial charge on any atom is 0.239 e. The van der Waals surface area contributed by atoms with Crippen LogP contribution in [0.3, 0.4) is 0 Å². The van der Waals surface area contributed by atoms with Crippen LogP contribution in [-0.4, -0.2) is 59.6 Å². The third-order valence-electron chi connectivity index (χ3n) is 5.59. The van der Waals surface area contributed by atoms with Crippen molar-refractivity contribution in [3.63, 3.8) is 0 Å². The van der Waals surface area contributed by atoms with Crippen LogP contribution in [0.5, 0.6) is 0 Å². The van der Waals surface area contributed by atoms with Gasteiger partial charge in [-0.2, -0.15) is 0 Å². The van der Waals surface area contributed by atoms with Crippen LogP contribution >= 0.6 is 0 Å². The predicted octanol–water partition coefficient (Wildman–Crippen LogP) is 2.36. The predicted molar refractivity (Wildman–Crippen MR) is 89.6 cm³/mol. The lowest BCUT2D eigenvalue weighted by Crippen LogP contribution is -2.51. The standard InChI is InChI=1S/C18H34N2O2/c1-13-9-14(2)11-20(10-13)18(22)15(3)19(4)12-16-7-5-6-8-17(16)21/h13-17,21H,5-12H2,1-4H3. The van der Waals surface area contributed by atoms with Crippen LogP contribution in [0.15, 0.2) is 0 Å². The highest BCUT2D eigenvalue weighted by atomic mass is 16.3. The lowest BCUT2D eigenvalue weighted by atomic mass is 9.86. The molecule has 2 rings (SSSR count). The second-order valence-corrected chi connectivity index (χ2v) is 7.92. The Balaban J connectivity index is 1.88. The van der Waals surface area contributed by atoms with Crippen LogP contribution in [0.1, 0.15) is 52.9 Å². The van der Waals surface area contributed by atoms with Gasteiger partial charge in [-0.3, -0.25) is 9.69 Å². The van der Waals surface area contributed by atoms with Gasteiger partial charge in [0.15, 0.2) is 0 Å². The Morgan fingerprint density at radius 2 is 1.82 bits per heavy atom. The molecule has 22 heavy (non-hydrogen) atoms. The Hall–Kier alpha value is -0.610. The number of likely N-dealkylation sites (N-methyl/N-ethyl adjacent to an activating group) is 1. The van der Waals surface area contributed by atoms with Crippen molar-refractivity contribution in [1.29, 1.82) is 0 Å². The highest BCUT2D eigenvalue weighted by molar-refractivity contribution is 5.81. The maximum atomic E-state index is 12.8.